The van der Waals surface area contributed by atoms with Gasteiger partial charge in [-0.05, 0) is 13.0 Å². The molecule has 4 heterocycles. The van der Waals surface area contributed by atoms with Crippen LogP contribution in [0.15, 0.2) is 28.8 Å². The van der Waals surface area contributed by atoms with E-state index in [1.807, 2.05) is 18.2 Å². The van der Waals surface area contributed by atoms with Gasteiger partial charge in [0.05, 0.1) is 5.02 Å². The zero-order chi connectivity index (χ0) is 17.4. The van der Waals surface area contributed by atoms with Crippen molar-refractivity contribution < 1.29 is 9.32 Å². The summed E-state index contributed by atoms with van der Waals surface area (Å²) in [5, 5.41) is 7.67. The Hall–Kier alpha value is -1.89. The van der Waals surface area contributed by atoms with Crippen LogP contribution in [0, 0.1) is 6.92 Å². The lowest BCUT2D eigenvalue weighted by Gasteiger charge is -2.47. The molecular weight excluding hydrogens is 340 g/mol. The normalized spacial score (nSPS) is 25.1. The Labute approximate surface area is 151 Å². The Bertz CT molecular complexity index is 783. The molecule has 3 aliphatic heterocycles. The first-order valence-electron chi connectivity index (χ1n) is 8.59. The molecule has 0 spiro atoms. The molecule has 1 aromatic heterocycles. The van der Waals surface area contributed by atoms with E-state index in [0.717, 1.165) is 32.7 Å². The highest BCUT2D eigenvalue weighted by Crippen LogP contribution is 2.30. The van der Waals surface area contributed by atoms with Gasteiger partial charge in [-0.15, -0.1) is 0 Å². The van der Waals surface area contributed by atoms with Crippen molar-refractivity contribution in [1.29, 1.82) is 0 Å². The molecular formula is C18H21ClN4O2. The maximum atomic E-state index is 12.8. The minimum Gasteiger partial charge on any atom is -0.360 e. The van der Waals surface area contributed by atoms with E-state index >= 15 is 0 Å². The zero-order valence-corrected chi connectivity index (χ0v) is 14.9. The molecule has 3 saturated heterocycles. The Balaban J connectivity index is 1.51. The van der Waals surface area contributed by atoms with Gasteiger partial charge in [-0.2, -0.15) is 0 Å². The summed E-state index contributed by atoms with van der Waals surface area (Å²) in [6.45, 7) is 7.81. The van der Waals surface area contributed by atoms with Crippen molar-refractivity contribution in [3.05, 3.63) is 40.6 Å². The molecule has 2 bridgehead atoms. The SMILES string of the molecule is Cc1onc(-c2ccccc2Cl)c1C(=O)NCC1CN2CCN1CC2. The summed E-state index contributed by atoms with van der Waals surface area (Å²) in [5.74, 6) is 0.341. The van der Waals surface area contributed by atoms with Crippen LogP contribution in [-0.2, 0) is 0 Å². The molecule has 1 atom stereocenters. The number of benzene rings is 1. The number of nitrogens with one attached hydrogen (secondary N) is 1. The second kappa shape index (κ2) is 6.78. The predicted octanol–water partition coefficient (Wildman–Crippen LogP) is 2.03. The van der Waals surface area contributed by atoms with Crippen molar-refractivity contribution in [3.8, 4) is 11.3 Å². The van der Waals surface area contributed by atoms with Crippen molar-refractivity contribution in [2.24, 2.45) is 0 Å². The Morgan fingerprint density at radius 3 is 2.76 bits per heavy atom. The smallest absolute Gasteiger partial charge is 0.257 e. The van der Waals surface area contributed by atoms with Gasteiger partial charge >= 0.3 is 0 Å². The minimum absolute atomic E-state index is 0.161. The molecule has 5 rings (SSSR count). The van der Waals surface area contributed by atoms with Crippen LogP contribution in [0.5, 0.6) is 0 Å². The van der Waals surface area contributed by atoms with Crippen molar-refractivity contribution in [1.82, 2.24) is 20.3 Å². The maximum Gasteiger partial charge on any atom is 0.257 e. The van der Waals surface area contributed by atoms with Crippen LogP contribution < -0.4 is 5.32 Å². The Morgan fingerprint density at radius 1 is 1.32 bits per heavy atom. The van der Waals surface area contributed by atoms with Crippen LogP contribution in [0.25, 0.3) is 11.3 Å². The quantitative estimate of drug-likeness (QED) is 0.904. The number of amides is 1. The lowest BCUT2D eigenvalue weighted by molar-refractivity contribution is 0.0138. The number of aromatic nitrogens is 1. The number of nitrogens with zero attached hydrogens (tertiary/aromatic N) is 3. The molecule has 0 aliphatic carbocycles. The highest BCUT2D eigenvalue weighted by atomic mass is 35.5. The second-order valence-electron chi connectivity index (χ2n) is 6.64. The number of piperazine rings is 3. The molecule has 0 saturated carbocycles. The second-order valence-corrected chi connectivity index (χ2v) is 7.05. The van der Waals surface area contributed by atoms with Gasteiger partial charge in [-0.1, -0.05) is 35.0 Å². The first kappa shape index (κ1) is 16.6. The van der Waals surface area contributed by atoms with Crippen LogP contribution in [0.4, 0.5) is 0 Å². The molecule has 3 fully saturated rings. The summed E-state index contributed by atoms with van der Waals surface area (Å²) in [4.78, 5) is 17.7. The monoisotopic (exact) mass is 360 g/mol. The molecule has 6 nitrogen and oxygen atoms in total. The fourth-order valence-electron chi connectivity index (χ4n) is 3.69. The van der Waals surface area contributed by atoms with Gasteiger partial charge in [0.2, 0.25) is 0 Å². The van der Waals surface area contributed by atoms with E-state index in [1.165, 1.54) is 0 Å². The van der Waals surface area contributed by atoms with Crippen LogP contribution >= 0.6 is 11.6 Å². The van der Waals surface area contributed by atoms with Gasteiger partial charge in [0.15, 0.2) is 0 Å². The number of hydrogen-bond acceptors (Lipinski definition) is 5. The average molecular weight is 361 g/mol. The molecule has 2 aromatic rings. The van der Waals surface area contributed by atoms with Crippen LogP contribution in [-0.4, -0.2) is 66.2 Å². The van der Waals surface area contributed by atoms with Crippen molar-refractivity contribution >= 4 is 17.5 Å². The standard InChI is InChI=1S/C18H21ClN4O2/c1-12-16(17(21-25-12)14-4-2-3-5-15(14)19)18(24)20-10-13-11-22-6-8-23(13)9-7-22/h2-5,13H,6-11H2,1H3,(H,20,24). The largest absolute Gasteiger partial charge is 0.360 e. The topological polar surface area (TPSA) is 61.6 Å². The Morgan fingerprint density at radius 2 is 2.08 bits per heavy atom. The molecule has 1 amide bonds. The third kappa shape index (κ3) is 3.17. The highest BCUT2D eigenvalue weighted by Gasteiger charge is 2.32. The number of fused-ring (bicyclic) bond motifs is 3. The maximum absolute atomic E-state index is 12.8. The highest BCUT2D eigenvalue weighted by molar-refractivity contribution is 6.33. The zero-order valence-electron chi connectivity index (χ0n) is 14.2. The number of hydrogen-bond donors (Lipinski definition) is 1. The average Bonchev–Trinajstić information content (AvgIpc) is 3.02. The van der Waals surface area contributed by atoms with Gasteiger partial charge in [-0.25, -0.2) is 0 Å². The summed E-state index contributed by atoms with van der Waals surface area (Å²) in [7, 11) is 0. The first-order valence-corrected chi connectivity index (χ1v) is 8.97. The fraction of sp³-hybridized carbons (Fsp3) is 0.444. The van der Waals surface area contributed by atoms with E-state index < -0.39 is 0 Å². The number of aryl methyl sites for hydroxylation is 1. The summed E-state index contributed by atoms with van der Waals surface area (Å²) in [6.07, 6.45) is 0. The van der Waals surface area contributed by atoms with Crippen molar-refractivity contribution in [2.45, 2.75) is 13.0 Å². The van der Waals surface area contributed by atoms with E-state index in [9.17, 15) is 4.79 Å². The lowest BCUT2D eigenvalue weighted by Crippen LogP contribution is -2.63. The van der Waals surface area contributed by atoms with E-state index in [1.54, 1.807) is 13.0 Å². The molecule has 132 valence electrons. The van der Waals surface area contributed by atoms with Crippen LogP contribution in [0.1, 0.15) is 16.1 Å². The summed E-state index contributed by atoms with van der Waals surface area (Å²) >= 11 is 6.26. The first-order chi connectivity index (χ1) is 12.1. The number of carbonyl (C=O) groups excluding carboxylic acids is 1. The molecule has 1 aromatic carbocycles. The molecule has 25 heavy (non-hydrogen) atoms. The molecule has 3 aliphatic rings. The summed E-state index contributed by atoms with van der Waals surface area (Å²) in [6, 6.07) is 7.71. The predicted molar refractivity (Wildman–Crippen MR) is 95.8 cm³/mol. The fourth-order valence-corrected chi connectivity index (χ4v) is 3.92. The van der Waals surface area contributed by atoms with Gasteiger partial charge in [0.1, 0.15) is 17.0 Å². The van der Waals surface area contributed by atoms with E-state index in [2.05, 4.69) is 20.3 Å². The van der Waals surface area contributed by atoms with Gasteiger partial charge in [0, 0.05) is 50.9 Å². The molecule has 0 radical (unpaired) electrons. The number of carbonyl (C=O) groups is 1. The van der Waals surface area contributed by atoms with E-state index in [-0.39, 0.29) is 5.91 Å². The minimum atomic E-state index is -0.161. The van der Waals surface area contributed by atoms with Gasteiger partial charge in [-0.3, -0.25) is 14.6 Å². The number of rotatable bonds is 4. The molecule has 7 heteroatoms. The van der Waals surface area contributed by atoms with Crippen molar-refractivity contribution in [2.75, 3.05) is 39.3 Å². The van der Waals surface area contributed by atoms with Gasteiger partial charge < -0.3 is 9.84 Å². The summed E-state index contributed by atoms with van der Waals surface area (Å²) in [5.41, 5.74) is 1.66. The van der Waals surface area contributed by atoms with E-state index in [4.69, 9.17) is 16.1 Å². The van der Waals surface area contributed by atoms with Crippen LogP contribution in [0.3, 0.4) is 0 Å². The third-order valence-electron chi connectivity index (χ3n) is 5.11. The summed E-state index contributed by atoms with van der Waals surface area (Å²) < 4.78 is 5.28. The molecule has 1 unspecified atom stereocenters. The molecule has 1 N–H and O–H groups in total. The van der Waals surface area contributed by atoms with Crippen LogP contribution in [0.2, 0.25) is 5.02 Å². The van der Waals surface area contributed by atoms with E-state index in [0.29, 0.717) is 40.2 Å². The number of halogens is 1. The Kier molecular flexibility index (Phi) is 4.50. The third-order valence-corrected chi connectivity index (χ3v) is 5.44. The van der Waals surface area contributed by atoms with Crippen molar-refractivity contribution in [3.63, 3.8) is 0 Å². The van der Waals surface area contributed by atoms with Gasteiger partial charge in [0.25, 0.3) is 5.91 Å². The lowest BCUT2D eigenvalue weighted by atomic mass is 10.0.